The average molecular weight is 472 g/mol. The minimum absolute atomic E-state index is 0.134. The molecule has 2 aromatic rings. The Hall–Kier alpha value is -3.58. The number of likely N-dealkylation sites (tertiary alicyclic amines) is 1. The number of ketones is 1. The molecule has 35 heavy (non-hydrogen) atoms. The lowest BCUT2D eigenvalue weighted by Crippen LogP contribution is -2.35. The van der Waals surface area contributed by atoms with Crippen molar-refractivity contribution in [2.45, 2.75) is 45.3 Å². The van der Waals surface area contributed by atoms with Crippen LogP contribution in [0.1, 0.15) is 42.0 Å². The number of aliphatic imine (C=N–C) groups is 1. The number of hydrogen-bond acceptors (Lipinski definition) is 6. The van der Waals surface area contributed by atoms with Crippen LogP contribution < -0.4 is 11.2 Å². The van der Waals surface area contributed by atoms with Gasteiger partial charge in [0.25, 0.3) is 0 Å². The number of Topliss-reactive ketones (excluding diaryl/α,β-unsaturated/α-hetero) is 1. The second kappa shape index (κ2) is 9.96. The summed E-state index contributed by atoms with van der Waals surface area (Å²) in [4.78, 5) is 19.8. The van der Waals surface area contributed by atoms with Crippen LogP contribution in [0, 0.1) is 0 Å². The minimum atomic E-state index is -0.735. The second-order valence-corrected chi connectivity index (χ2v) is 9.54. The van der Waals surface area contributed by atoms with Gasteiger partial charge in [-0.05, 0) is 72.8 Å². The number of nitrogens with zero attached hydrogens (tertiary/aromatic N) is 3. The van der Waals surface area contributed by atoms with Crippen molar-refractivity contribution in [1.29, 1.82) is 0 Å². The molecule has 0 bridgehead atoms. The lowest BCUT2D eigenvalue weighted by atomic mass is 10.0. The first kappa shape index (κ1) is 23.2. The molecular weight excluding hydrogens is 441 g/mol. The van der Waals surface area contributed by atoms with E-state index in [0.717, 1.165) is 65.3 Å². The molecule has 0 saturated carbocycles. The largest absolute Gasteiger partial charge is 0.404 e. The maximum absolute atomic E-state index is 13.7. The van der Waals surface area contributed by atoms with Gasteiger partial charge in [-0.2, -0.15) is 5.10 Å². The molecular formula is C28H30FN5O. The van der Waals surface area contributed by atoms with Gasteiger partial charge >= 0.3 is 0 Å². The predicted molar refractivity (Wildman–Crippen MR) is 140 cm³/mol. The summed E-state index contributed by atoms with van der Waals surface area (Å²) < 4.78 is 13.7. The summed E-state index contributed by atoms with van der Waals surface area (Å²) in [5, 5.41) is 4.24. The lowest BCUT2D eigenvalue weighted by Gasteiger charge is -2.28. The zero-order valence-electron chi connectivity index (χ0n) is 19.9. The van der Waals surface area contributed by atoms with Crippen molar-refractivity contribution >= 4 is 35.2 Å². The van der Waals surface area contributed by atoms with Crippen LogP contribution in [0.25, 0.3) is 6.08 Å². The molecule has 0 spiro atoms. The maximum atomic E-state index is 13.7. The Morgan fingerprint density at radius 3 is 2.97 bits per heavy atom. The van der Waals surface area contributed by atoms with Crippen LogP contribution in [-0.4, -0.2) is 41.9 Å². The van der Waals surface area contributed by atoms with Crippen molar-refractivity contribution in [2.75, 3.05) is 18.5 Å². The molecule has 3 aliphatic rings. The highest BCUT2D eigenvalue weighted by atomic mass is 19.1. The maximum Gasteiger partial charge on any atom is 0.192 e. The van der Waals surface area contributed by atoms with E-state index in [1.165, 1.54) is 12.4 Å². The number of piperidine rings is 1. The molecule has 1 aliphatic carbocycles. The van der Waals surface area contributed by atoms with E-state index in [0.29, 0.717) is 30.5 Å². The highest BCUT2D eigenvalue weighted by Gasteiger charge is 2.23. The van der Waals surface area contributed by atoms with Crippen LogP contribution in [0.2, 0.25) is 0 Å². The Kier molecular flexibility index (Phi) is 6.59. The van der Waals surface area contributed by atoms with Gasteiger partial charge in [0, 0.05) is 43.4 Å². The summed E-state index contributed by atoms with van der Waals surface area (Å²) in [6, 6.07) is 12.2. The Morgan fingerprint density at radius 2 is 2.14 bits per heavy atom. The number of carbonyl (C=O) groups excluding carboxylic acids is 1. The SMILES string of the molecule is CC1=Nc2ccc(N/N=C\C(=C\N)C(=O)C3=Cc4cc(CN5CCCC(F)C5)ccc4C3)cc2C1. The molecule has 180 valence electrons. The highest BCUT2D eigenvalue weighted by molar-refractivity contribution is 6.23. The normalized spacial score (nSPS) is 19.9. The molecule has 0 aromatic heterocycles. The molecule has 2 heterocycles. The molecule has 2 aliphatic heterocycles. The minimum Gasteiger partial charge on any atom is -0.404 e. The first-order valence-electron chi connectivity index (χ1n) is 12.1. The Balaban J connectivity index is 1.22. The zero-order chi connectivity index (χ0) is 24.4. The van der Waals surface area contributed by atoms with Crippen molar-refractivity contribution < 1.29 is 9.18 Å². The van der Waals surface area contributed by atoms with Crippen molar-refractivity contribution in [2.24, 2.45) is 15.8 Å². The fraction of sp³-hybridized carbons (Fsp3) is 0.321. The van der Waals surface area contributed by atoms with Gasteiger partial charge in [-0.3, -0.25) is 20.1 Å². The molecule has 1 fully saturated rings. The number of alkyl halides is 1. The molecule has 6 nitrogen and oxygen atoms in total. The van der Waals surface area contributed by atoms with Crippen LogP contribution in [0.4, 0.5) is 15.8 Å². The van der Waals surface area contributed by atoms with Gasteiger partial charge in [-0.25, -0.2) is 4.39 Å². The third-order valence-corrected chi connectivity index (χ3v) is 6.74. The van der Waals surface area contributed by atoms with Crippen LogP contribution in [0.15, 0.2) is 63.8 Å². The molecule has 0 amide bonds. The van der Waals surface area contributed by atoms with Gasteiger partial charge in [0.15, 0.2) is 5.78 Å². The summed E-state index contributed by atoms with van der Waals surface area (Å²) in [7, 11) is 0. The summed E-state index contributed by atoms with van der Waals surface area (Å²) >= 11 is 0. The summed E-state index contributed by atoms with van der Waals surface area (Å²) in [5.41, 5.74) is 17.2. The number of anilines is 1. The number of carbonyl (C=O) groups is 1. The van der Waals surface area contributed by atoms with Crippen LogP contribution in [0.3, 0.4) is 0 Å². The van der Waals surface area contributed by atoms with E-state index >= 15 is 0 Å². The van der Waals surface area contributed by atoms with Gasteiger partial charge in [0.2, 0.25) is 0 Å². The molecule has 3 N–H and O–H groups in total. The van der Waals surface area contributed by atoms with Crippen molar-refractivity contribution in [3.8, 4) is 0 Å². The van der Waals surface area contributed by atoms with E-state index in [4.69, 9.17) is 5.73 Å². The zero-order valence-corrected chi connectivity index (χ0v) is 19.9. The first-order valence-corrected chi connectivity index (χ1v) is 12.1. The Bertz CT molecular complexity index is 1280. The van der Waals surface area contributed by atoms with Gasteiger partial charge < -0.3 is 5.73 Å². The summed E-state index contributed by atoms with van der Waals surface area (Å²) in [6.45, 7) is 4.16. The number of rotatable bonds is 7. The smallest absolute Gasteiger partial charge is 0.192 e. The first-order chi connectivity index (χ1) is 17.0. The predicted octanol–water partition coefficient (Wildman–Crippen LogP) is 4.72. The number of halogens is 1. The third kappa shape index (κ3) is 5.25. The third-order valence-electron chi connectivity index (χ3n) is 6.74. The van der Waals surface area contributed by atoms with Gasteiger partial charge in [0.1, 0.15) is 6.17 Å². The van der Waals surface area contributed by atoms with Crippen molar-refractivity contribution in [3.05, 3.63) is 76.0 Å². The van der Waals surface area contributed by atoms with E-state index in [1.54, 1.807) is 0 Å². The van der Waals surface area contributed by atoms with E-state index in [-0.39, 0.29) is 5.78 Å². The lowest BCUT2D eigenvalue weighted by molar-refractivity contribution is -0.111. The molecule has 1 unspecified atom stereocenters. The number of hydrogen-bond donors (Lipinski definition) is 2. The highest BCUT2D eigenvalue weighted by Crippen LogP contribution is 2.30. The molecule has 2 aromatic carbocycles. The number of nitrogens with one attached hydrogen (secondary N) is 1. The standard InChI is InChI=1S/C28H30FN5O/c1-18-9-22-13-26(6-7-27(22)32-18)33-31-15-24(14-30)28(35)23-11-20-5-4-19(10-21(20)12-23)16-34-8-2-3-25(29)17-34/h4-7,10,12-15,25,33H,2-3,8-9,11,16-17,30H2,1H3/b24-14-,31-15-. The van der Waals surface area contributed by atoms with E-state index in [9.17, 15) is 9.18 Å². The van der Waals surface area contributed by atoms with Crippen LogP contribution in [0.5, 0.6) is 0 Å². The van der Waals surface area contributed by atoms with Crippen LogP contribution in [-0.2, 0) is 24.2 Å². The van der Waals surface area contributed by atoms with Gasteiger partial charge in [0.05, 0.1) is 23.2 Å². The van der Waals surface area contributed by atoms with Crippen molar-refractivity contribution in [1.82, 2.24) is 4.90 Å². The number of allylic oxidation sites excluding steroid dienone is 2. The number of hydrazone groups is 1. The van der Waals surface area contributed by atoms with E-state index < -0.39 is 6.17 Å². The molecule has 5 rings (SSSR count). The fourth-order valence-corrected chi connectivity index (χ4v) is 4.99. The Morgan fingerprint density at radius 1 is 1.26 bits per heavy atom. The monoisotopic (exact) mass is 471 g/mol. The van der Waals surface area contributed by atoms with E-state index in [2.05, 4.69) is 38.6 Å². The molecule has 1 saturated heterocycles. The Labute approximate surface area is 205 Å². The topological polar surface area (TPSA) is 83.1 Å². The molecule has 7 heteroatoms. The molecule has 1 atom stereocenters. The molecule has 0 radical (unpaired) electrons. The van der Waals surface area contributed by atoms with Crippen molar-refractivity contribution in [3.63, 3.8) is 0 Å². The second-order valence-electron chi connectivity index (χ2n) is 9.54. The van der Waals surface area contributed by atoms with Gasteiger partial charge in [-0.15, -0.1) is 0 Å². The van der Waals surface area contributed by atoms with E-state index in [1.807, 2.05) is 31.2 Å². The summed E-state index contributed by atoms with van der Waals surface area (Å²) in [6.07, 6.45) is 6.92. The fourth-order valence-electron chi connectivity index (χ4n) is 4.99. The summed E-state index contributed by atoms with van der Waals surface area (Å²) in [5.74, 6) is -0.134. The number of fused-ring (bicyclic) bond motifs is 2. The number of nitrogens with two attached hydrogens (primary N) is 1. The quantitative estimate of drug-likeness (QED) is 0.348. The van der Waals surface area contributed by atoms with Gasteiger partial charge in [-0.1, -0.05) is 18.2 Å². The average Bonchev–Trinajstić information content (AvgIpc) is 3.43. The van der Waals surface area contributed by atoms with Crippen LogP contribution >= 0.6 is 0 Å². The number of benzene rings is 2.